The summed E-state index contributed by atoms with van der Waals surface area (Å²) < 4.78 is 43.3. The van der Waals surface area contributed by atoms with Gasteiger partial charge in [-0.05, 0) is 12.1 Å². The van der Waals surface area contributed by atoms with Gasteiger partial charge in [-0.25, -0.2) is 8.42 Å². The molecule has 0 aromatic heterocycles. The Morgan fingerprint density at radius 2 is 2.23 bits per heavy atom. The maximum absolute atomic E-state index is 12.9. The standard InChI is InChI=1S/C15H21NO5S/c1-19-10-15-9-16(7-12(15)8-21-11-15)22(17,18)14-5-3-4-13(6-14)20-2/h3-6,12H,7-11H2,1-2H3/t12-,15-/m0/s1. The van der Waals surface area contributed by atoms with Crippen LogP contribution >= 0.6 is 0 Å². The third-order valence-corrected chi connectivity index (χ3v) is 6.41. The highest BCUT2D eigenvalue weighted by molar-refractivity contribution is 7.89. The van der Waals surface area contributed by atoms with Gasteiger partial charge in [0, 0.05) is 37.6 Å². The smallest absolute Gasteiger partial charge is 0.243 e. The van der Waals surface area contributed by atoms with Crippen LogP contribution in [0.15, 0.2) is 29.2 Å². The molecular weight excluding hydrogens is 306 g/mol. The molecule has 6 nitrogen and oxygen atoms in total. The van der Waals surface area contributed by atoms with Gasteiger partial charge in [0.1, 0.15) is 5.75 Å². The molecule has 2 aliphatic rings. The minimum absolute atomic E-state index is 0.188. The number of hydrogen-bond donors (Lipinski definition) is 0. The van der Waals surface area contributed by atoms with E-state index in [2.05, 4.69) is 0 Å². The third kappa shape index (κ3) is 2.52. The molecule has 1 aromatic rings. The monoisotopic (exact) mass is 327 g/mol. The average Bonchev–Trinajstić information content (AvgIpc) is 3.04. The maximum Gasteiger partial charge on any atom is 0.243 e. The quantitative estimate of drug-likeness (QED) is 0.806. The molecule has 2 aliphatic heterocycles. The third-order valence-electron chi connectivity index (χ3n) is 4.60. The summed E-state index contributed by atoms with van der Waals surface area (Å²) in [5, 5.41) is 0. The van der Waals surface area contributed by atoms with E-state index >= 15 is 0 Å². The Balaban J connectivity index is 1.88. The van der Waals surface area contributed by atoms with Crippen LogP contribution in [0, 0.1) is 11.3 Å². The normalized spacial score (nSPS) is 28.7. The predicted molar refractivity (Wildman–Crippen MR) is 80.4 cm³/mol. The average molecular weight is 327 g/mol. The summed E-state index contributed by atoms with van der Waals surface area (Å²) in [5.41, 5.74) is -0.222. The summed E-state index contributed by atoms with van der Waals surface area (Å²) in [6.07, 6.45) is 0. The van der Waals surface area contributed by atoms with Crippen molar-refractivity contribution in [1.82, 2.24) is 4.31 Å². The second-order valence-electron chi connectivity index (χ2n) is 5.98. The van der Waals surface area contributed by atoms with E-state index in [0.29, 0.717) is 38.7 Å². The van der Waals surface area contributed by atoms with Gasteiger partial charge in [-0.3, -0.25) is 0 Å². The lowest BCUT2D eigenvalue weighted by atomic mass is 9.82. The predicted octanol–water partition coefficient (Wildman–Crippen LogP) is 0.979. The molecule has 1 aromatic carbocycles. The topological polar surface area (TPSA) is 65.1 Å². The summed E-state index contributed by atoms with van der Waals surface area (Å²) in [5.74, 6) is 0.725. The van der Waals surface area contributed by atoms with Crippen molar-refractivity contribution in [2.75, 3.05) is 47.1 Å². The van der Waals surface area contributed by atoms with Crippen molar-refractivity contribution in [3.63, 3.8) is 0 Å². The molecule has 3 rings (SSSR count). The van der Waals surface area contributed by atoms with Crippen LogP contribution in [-0.4, -0.2) is 59.9 Å². The lowest BCUT2D eigenvalue weighted by Gasteiger charge is -2.26. The SMILES string of the molecule is COC[C@@]12COC[C@@H]1CN(S(=O)(=O)c1cccc(OC)c1)C2. The zero-order valence-electron chi connectivity index (χ0n) is 12.8. The minimum Gasteiger partial charge on any atom is -0.497 e. The summed E-state index contributed by atoms with van der Waals surface area (Å²) in [6.45, 7) is 2.57. The Kier molecular flexibility index (Phi) is 4.15. The molecule has 0 aliphatic carbocycles. The highest BCUT2D eigenvalue weighted by Gasteiger charge is 2.53. The van der Waals surface area contributed by atoms with Crippen molar-refractivity contribution < 1.29 is 22.6 Å². The number of methoxy groups -OCH3 is 2. The molecule has 2 atom stereocenters. The molecular formula is C15H21NO5S. The van der Waals surface area contributed by atoms with Gasteiger partial charge in [-0.1, -0.05) is 6.07 Å². The first kappa shape index (κ1) is 15.7. The van der Waals surface area contributed by atoms with Gasteiger partial charge in [-0.15, -0.1) is 0 Å². The maximum atomic E-state index is 12.9. The van der Waals surface area contributed by atoms with Crippen LogP contribution in [-0.2, 0) is 19.5 Å². The molecule has 2 heterocycles. The second kappa shape index (κ2) is 5.81. The van der Waals surface area contributed by atoms with Crippen molar-refractivity contribution in [3.8, 4) is 5.75 Å². The fraction of sp³-hybridized carbons (Fsp3) is 0.600. The molecule has 0 spiro atoms. The van der Waals surface area contributed by atoms with Crippen LogP contribution in [0.4, 0.5) is 0 Å². The number of nitrogens with zero attached hydrogens (tertiary/aromatic N) is 1. The minimum atomic E-state index is -3.53. The van der Waals surface area contributed by atoms with Crippen LogP contribution < -0.4 is 4.74 Å². The lowest BCUT2D eigenvalue weighted by molar-refractivity contribution is 0.0601. The van der Waals surface area contributed by atoms with Gasteiger partial charge in [-0.2, -0.15) is 4.31 Å². The highest BCUT2D eigenvalue weighted by atomic mass is 32.2. The van der Waals surface area contributed by atoms with Crippen molar-refractivity contribution in [2.24, 2.45) is 11.3 Å². The van der Waals surface area contributed by atoms with Crippen molar-refractivity contribution in [2.45, 2.75) is 4.90 Å². The molecule has 0 unspecified atom stereocenters. The molecule has 2 saturated heterocycles. The molecule has 0 radical (unpaired) electrons. The first-order valence-corrected chi connectivity index (χ1v) is 8.67. The van der Waals surface area contributed by atoms with Crippen LogP contribution in [0.2, 0.25) is 0 Å². The molecule has 0 amide bonds. The van der Waals surface area contributed by atoms with Gasteiger partial charge in [0.25, 0.3) is 0 Å². The van der Waals surface area contributed by atoms with Crippen molar-refractivity contribution in [3.05, 3.63) is 24.3 Å². The van der Waals surface area contributed by atoms with E-state index in [-0.39, 0.29) is 16.2 Å². The zero-order chi connectivity index (χ0) is 15.8. The summed E-state index contributed by atoms with van der Waals surface area (Å²) in [7, 11) is -0.361. The molecule has 0 saturated carbocycles. The van der Waals surface area contributed by atoms with Gasteiger partial charge in [0.05, 0.1) is 31.8 Å². The Bertz CT molecular complexity index is 647. The fourth-order valence-corrected chi connectivity index (χ4v) is 4.99. The molecule has 0 N–H and O–H groups in total. The Morgan fingerprint density at radius 3 is 2.95 bits per heavy atom. The molecule has 0 bridgehead atoms. The largest absolute Gasteiger partial charge is 0.497 e. The van der Waals surface area contributed by atoms with Gasteiger partial charge >= 0.3 is 0 Å². The number of rotatable bonds is 5. The summed E-state index contributed by atoms with van der Waals surface area (Å²) in [6, 6.07) is 6.59. The number of ether oxygens (including phenoxy) is 3. The van der Waals surface area contributed by atoms with Crippen LogP contribution in [0.3, 0.4) is 0 Å². The molecule has 2 fully saturated rings. The van der Waals surface area contributed by atoms with E-state index in [9.17, 15) is 8.42 Å². The molecule has 22 heavy (non-hydrogen) atoms. The summed E-state index contributed by atoms with van der Waals surface area (Å²) in [4.78, 5) is 0.264. The molecule has 122 valence electrons. The van der Waals surface area contributed by atoms with E-state index in [1.165, 1.54) is 7.11 Å². The zero-order valence-corrected chi connectivity index (χ0v) is 13.6. The van der Waals surface area contributed by atoms with E-state index in [1.54, 1.807) is 35.7 Å². The van der Waals surface area contributed by atoms with E-state index in [1.807, 2.05) is 0 Å². The first-order valence-electron chi connectivity index (χ1n) is 7.23. The molecule has 7 heteroatoms. The van der Waals surface area contributed by atoms with Crippen molar-refractivity contribution >= 4 is 10.0 Å². The van der Waals surface area contributed by atoms with Crippen LogP contribution in [0.25, 0.3) is 0 Å². The highest BCUT2D eigenvalue weighted by Crippen LogP contribution is 2.43. The van der Waals surface area contributed by atoms with Crippen molar-refractivity contribution in [1.29, 1.82) is 0 Å². The van der Waals surface area contributed by atoms with Gasteiger partial charge in [0.15, 0.2) is 0 Å². The number of hydrogen-bond acceptors (Lipinski definition) is 5. The van der Waals surface area contributed by atoms with Gasteiger partial charge < -0.3 is 14.2 Å². The number of benzene rings is 1. The van der Waals surface area contributed by atoms with E-state index in [4.69, 9.17) is 14.2 Å². The summed E-state index contributed by atoms with van der Waals surface area (Å²) >= 11 is 0. The Morgan fingerprint density at radius 1 is 1.41 bits per heavy atom. The Labute approximate surface area is 131 Å². The first-order chi connectivity index (χ1) is 10.5. The van der Waals surface area contributed by atoms with Gasteiger partial charge in [0.2, 0.25) is 10.0 Å². The van der Waals surface area contributed by atoms with E-state index < -0.39 is 10.0 Å². The fourth-order valence-electron chi connectivity index (χ4n) is 3.37. The Hall–Kier alpha value is -1.15. The number of fused-ring (bicyclic) bond motifs is 1. The lowest BCUT2D eigenvalue weighted by Crippen LogP contribution is -2.37. The number of sulfonamides is 1. The van der Waals surface area contributed by atoms with E-state index in [0.717, 1.165) is 0 Å². The van der Waals surface area contributed by atoms with Crippen LogP contribution in [0.5, 0.6) is 5.75 Å². The second-order valence-corrected chi connectivity index (χ2v) is 7.92. The van der Waals surface area contributed by atoms with Crippen LogP contribution in [0.1, 0.15) is 0 Å².